The van der Waals surface area contributed by atoms with Crippen LogP contribution in [0, 0.1) is 0 Å². The molecule has 6 nitrogen and oxygen atoms in total. The zero-order chi connectivity index (χ0) is 16.1. The Morgan fingerprint density at radius 1 is 1.36 bits per heavy atom. The van der Waals surface area contributed by atoms with E-state index in [0.29, 0.717) is 12.1 Å². The van der Waals surface area contributed by atoms with Gasteiger partial charge in [-0.05, 0) is 30.2 Å². The molecule has 1 aromatic carbocycles. The summed E-state index contributed by atoms with van der Waals surface area (Å²) in [5.74, 6) is -0.682. The lowest BCUT2D eigenvalue weighted by molar-refractivity contribution is -0.134. The van der Waals surface area contributed by atoms with Gasteiger partial charge in [0.2, 0.25) is 5.91 Å². The normalized spacial score (nSPS) is 13.1. The van der Waals surface area contributed by atoms with Crippen LogP contribution in [-0.2, 0) is 20.7 Å². The summed E-state index contributed by atoms with van der Waals surface area (Å²) in [4.78, 5) is 36.1. The van der Waals surface area contributed by atoms with Gasteiger partial charge in [0.1, 0.15) is 0 Å². The van der Waals surface area contributed by atoms with Gasteiger partial charge in [0.15, 0.2) is 0 Å². The van der Waals surface area contributed by atoms with Crippen molar-refractivity contribution in [2.24, 2.45) is 0 Å². The van der Waals surface area contributed by atoms with Crippen LogP contribution in [0.5, 0.6) is 0 Å². The Labute approximate surface area is 128 Å². The number of hydrogen-bond donors (Lipinski definition) is 1. The second-order valence-corrected chi connectivity index (χ2v) is 4.90. The van der Waals surface area contributed by atoms with Gasteiger partial charge in [-0.3, -0.25) is 9.59 Å². The van der Waals surface area contributed by atoms with Crippen molar-refractivity contribution in [3.05, 3.63) is 41.5 Å². The molecule has 1 aliphatic heterocycles. The van der Waals surface area contributed by atoms with Crippen molar-refractivity contribution < 1.29 is 19.1 Å². The molecule has 2 rings (SSSR count). The van der Waals surface area contributed by atoms with Gasteiger partial charge in [-0.15, -0.1) is 0 Å². The van der Waals surface area contributed by atoms with Crippen molar-refractivity contribution in [2.75, 3.05) is 25.1 Å². The first-order valence-corrected chi connectivity index (χ1v) is 6.96. The fraction of sp³-hybridized carbons (Fsp3) is 0.312. The lowest BCUT2D eigenvalue weighted by Gasteiger charge is -2.14. The molecule has 1 aliphatic rings. The molecule has 6 heteroatoms. The number of fused-ring (bicyclic) bond motifs is 1. The first-order chi connectivity index (χ1) is 10.5. The SMILES string of the molecule is COC(=O)/C=C/CNC(=O)c1ccc2c(c1)CCN2C(C)=O. The fourth-order valence-electron chi connectivity index (χ4n) is 2.35. The number of amides is 2. The van der Waals surface area contributed by atoms with Crippen LogP contribution in [0.25, 0.3) is 0 Å². The monoisotopic (exact) mass is 302 g/mol. The second kappa shape index (κ2) is 6.89. The van der Waals surface area contributed by atoms with Crippen LogP contribution in [0.1, 0.15) is 22.8 Å². The number of rotatable bonds is 4. The summed E-state index contributed by atoms with van der Waals surface area (Å²) in [6.45, 7) is 2.42. The molecule has 0 fully saturated rings. The molecule has 0 unspecified atom stereocenters. The Morgan fingerprint density at radius 2 is 2.14 bits per heavy atom. The number of ether oxygens (including phenoxy) is 1. The number of carbonyl (C=O) groups excluding carboxylic acids is 3. The molecule has 1 N–H and O–H groups in total. The maximum Gasteiger partial charge on any atom is 0.330 e. The molecular formula is C16H18N2O4. The van der Waals surface area contributed by atoms with Gasteiger partial charge in [0.25, 0.3) is 5.91 Å². The van der Waals surface area contributed by atoms with Crippen molar-refractivity contribution in [2.45, 2.75) is 13.3 Å². The van der Waals surface area contributed by atoms with E-state index in [2.05, 4.69) is 10.1 Å². The third-order valence-electron chi connectivity index (χ3n) is 3.45. The molecule has 116 valence electrons. The summed E-state index contributed by atoms with van der Waals surface area (Å²) in [5, 5.41) is 2.69. The number of methoxy groups -OCH3 is 1. The van der Waals surface area contributed by atoms with Crippen molar-refractivity contribution in [1.29, 1.82) is 0 Å². The van der Waals surface area contributed by atoms with E-state index in [1.54, 1.807) is 23.1 Å². The average molecular weight is 302 g/mol. The predicted molar refractivity (Wildman–Crippen MR) is 81.7 cm³/mol. The van der Waals surface area contributed by atoms with Gasteiger partial charge in [0.05, 0.1) is 7.11 Å². The van der Waals surface area contributed by atoms with E-state index in [1.807, 2.05) is 0 Å². The molecule has 22 heavy (non-hydrogen) atoms. The molecule has 2 amide bonds. The second-order valence-electron chi connectivity index (χ2n) is 4.90. The largest absolute Gasteiger partial charge is 0.466 e. The van der Waals surface area contributed by atoms with E-state index >= 15 is 0 Å². The molecular weight excluding hydrogens is 284 g/mol. The van der Waals surface area contributed by atoms with Crippen LogP contribution in [0.4, 0.5) is 5.69 Å². The van der Waals surface area contributed by atoms with Crippen molar-refractivity contribution in [3.8, 4) is 0 Å². The summed E-state index contributed by atoms with van der Waals surface area (Å²) >= 11 is 0. The molecule has 0 aromatic heterocycles. The average Bonchev–Trinajstić information content (AvgIpc) is 2.94. The first-order valence-electron chi connectivity index (χ1n) is 6.96. The third kappa shape index (κ3) is 3.52. The minimum Gasteiger partial charge on any atom is -0.466 e. The zero-order valence-electron chi connectivity index (χ0n) is 12.6. The van der Waals surface area contributed by atoms with Crippen LogP contribution in [0.15, 0.2) is 30.4 Å². The van der Waals surface area contributed by atoms with E-state index in [-0.39, 0.29) is 18.4 Å². The van der Waals surface area contributed by atoms with Crippen molar-refractivity contribution >= 4 is 23.5 Å². The maximum absolute atomic E-state index is 12.0. The number of hydrogen-bond acceptors (Lipinski definition) is 4. The standard InChI is InChI=1S/C16H18N2O4/c1-11(19)18-9-7-12-10-13(5-6-14(12)18)16(21)17-8-3-4-15(20)22-2/h3-6,10H,7-9H2,1-2H3,(H,17,21)/b4-3+. The van der Waals surface area contributed by atoms with Gasteiger partial charge >= 0.3 is 5.97 Å². The van der Waals surface area contributed by atoms with E-state index < -0.39 is 5.97 Å². The Kier molecular flexibility index (Phi) is 4.93. The smallest absolute Gasteiger partial charge is 0.330 e. The van der Waals surface area contributed by atoms with Crippen LogP contribution in [0.3, 0.4) is 0 Å². The molecule has 0 bridgehead atoms. The number of benzene rings is 1. The first kappa shape index (κ1) is 15.8. The topological polar surface area (TPSA) is 75.7 Å². The highest BCUT2D eigenvalue weighted by molar-refractivity contribution is 5.98. The third-order valence-corrected chi connectivity index (χ3v) is 3.45. The lowest BCUT2D eigenvalue weighted by atomic mass is 10.1. The van der Waals surface area contributed by atoms with Gasteiger partial charge in [-0.1, -0.05) is 6.08 Å². The highest BCUT2D eigenvalue weighted by Gasteiger charge is 2.22. The van der Waals surface area contributed by atoms with E-state index in [0.717, 1.165) is 17.7 Å². The molecule has 0 saturated heterocycles. The summed E-state index contributed by atoms with van der Waals surface area (Å²) < 4.78 is 4.45. The number of nitrogens with zero attached hydrogens (tertiary/aromatic N) is 1. The van der Waals surface area contributed by atoms with Crippen LogP contribution in [-0.4, -0.2) is 38.0 Å². The molecule has 1 aromatic rings. The van der Waals surface area contributed by atoms with Crippen molar-refractivity contribution in [1.82, 2.24) is 5.32 Å². The maximum atomic E-state index is 12.0. The van der Waals surface area contributed by atoms with E-state index in [4.69, 9.17) is 0 Å². The molecule has 0 atom stereocenters. The highest BCUT2D eigenvalue weighted by atomic mass is 16.5. The predicted octanol–water partition coefficient (Wildman–Crippen LogP) is 1.05. The minimum atomic E-state index is -0.462. The summed E-state index contributed by atoms with van der Waals surface area (Å²) in [6.07, 6.45) is 3.53. The molecule has 0 radical (unpaired) electrons. The Balaban J connectivity index is 1.99. The number of carbonyl (C=O) groups is 3. The summed E-state index contributed by atoms with van der Waals surface area (Å²) in [5.41, 5.74) is 2.40. The highest BCUT2D eigenvalue weighted by Crippen LogP contribution is 2.28. The quantitative estimate of drug-likeness (QED) is 0.666. The number of esters is 1. The van der Waals surface area contributed by atoms with Crippen LogP contribution in [0.2, 0.25) is 0 Å². The van der Waals surface area contributed by atoms with Gasteiger partial charge in [-0.2, -0.15) is 0 Å². The summed E-state index contributed by atoms with van der Waals surface area (Å²) in [7, 11) is 1.29. The zero-order valence-corrected chi connectivity index (χ0v) is 12.6. The molecule has 0 aliphatic carbocycles. The van der Waals surface area contributed by atoms with E-state index in [9.17, 15) is 14.4 Å². The van der Waals surface area contributed by atoms with E-state index in [1.165, 1.54) is 26.2 Å². The molecule has 0 spiro atoms. The van der Waals surface area contributed by atoms with Gasteiger partial charge in [0, 0.05) is 37.3 Å². The number of nitrogens with one attached hydrogen (secondary N) is 1. The molecule has 1 heterocycles. The van der Waals surface area contributed by atoms with Gasteiger partial charge < -0.3 is 15.0 Å². The minimum absolute atomic E-state index is 0.00361. The summed E-state index contributed by atoms with van der Waals surface area (Å²) in [6, 6.07) is 5.29. The molecule has 0 saturated carbocycles. The van der Waals surface area contributed by atoms with Crippen LogP contribution < -0.4 is 10.2 Å². The Morgan fingerprint density at radius 3 is 2.82 bits per heavy atom. The van der Waals surface area contributed by atoms with Crippen LogP contribution >= 0.6 is 0 Å². The lowest BCUT2D eigenvalue weighted by Crippen LogP contribution is -2.26. The van der Waals surface area contributed by atoms with Crippen molar-refractivity contribution in [3.63, 3.8) is 0 Å². The van der Waals surface area contributed by atoms with Gasteiger partial charge in [-0.25, -0.2) is 4.79 Å². The fourth-order valence-corrected chi connectivity index (χ4v) is 2.35. The Hall–Kier alpha value is -2.63. The number of anilines is 1. The Bertz CT molecular complexity index is 637.